The Kier molecular flexibility index (Phi) is 5.37. The number of nitrogens with zero attached hydrogens (tertiary/aromatic N) is 4. The summed E-state index contributed by atoms with van der Waals surface area (Å²) < 4.78 is 0. The molecule has 2 heterocycles. The number of β-amino-alcohol motifs (C(OH)–C–C–N with tert-alkyl or cyclic N) is 1. The van der Waals surface area contributed by atoms with Gasteiger partial charge in [-0.25, -0.2) is 0 Å². The fourth-order valence-electron chi connectivity index (χ4n) is 2.45. The minimum Gasteiger partial charge on any atom is -0.395 e. The fourth-order valence-corrected chi connectivity index (χ4v) is 2.45. The first-order valence-corrected chi connectivity index (χ1v) is 7.19. The second-order valence-electron chi connectivity index (χ2n) is 4.91. The second-order valence-corrected chi connectivity index (χ2v) is 4.91. The maximum absolute atomic E-state index is 9.02. The largest absolute Gasteiger partial charge is 0.395 e. The topological polar surface area (TPSA) is 90.5 Å². The number of nitrogen functional groups attached to an aromatic ring is 1. The molecule has 4 N–H and O–H groups in total. The van der Waals surface area contributed by atoms with E-state index in [1.807, 2.05) is 13.0 Å². The third-order valence-electron chi connectivity index (χ3n) is 3.42. The second kappa shape index (κ2) is 7.25. The van der Waals surface area contributed by atoms with Crippen LogP contribution in [0.5, 0.6) is 0 Å². The van der Waals surface area contributed by atoms with Gasteiger partial charge in [0.25, 0.3) is 0 Å². The SMILES string of the molecule is CCNc1cc(N2CCCN(CCO)CC2)nc(N)n1. The summed E-state index contributed by atoms with van der Waals surface area (Å²) in [4.78, 5) is 13.0. The Morgan fingerprint density at radius 1 is 1.30 bits per heavy atom. The summed E-state index contributed by atoms with van der Waals surface area (Å²) >= 11 is 0. The molecule has 1 aliphatic rings. The molecule has 1 fully saturated rings. The molecule has 0 amide bonds. The van der Waals surface area contributed by atoms with Gasteiger partial charge in [0, 0.05) is 38.8 Å². The van der Waals surface area contributed by atoms with Crippen molar-refractivity contribution in [1.29, 1.82) is 0 Å². The smallest absolute Gasteiger partial charge is 0.223 e. The zero-order valence-corrected chi connectivity index (χ0v) is 12.0. The number of nitrogens with one attached hydrogen (secondary N) is 1. The molecule has 1 aromatic heterocycles. The van der Waals surface area contributed by atoms with Gasteiger partial charge >= 0.3 is 0 Å². The van der Waals surface area contributed by atoms with Crippen LogP contribution in [0.3, 0.4) is 0 Å². The van der Waals surface area contributed by atoms with Crippen LogP contribution in [0.4, 0.5) is 17.6 Å². The molecule has 0 atom stereocenters. The maximum atomic E-state index is 9.02. The van der Waals surface area contributed by atoms with E-state index in [4.69, 9.17) is 10.8 Å². The summed E-state index contributed by atoms with van der Waals surface area (Å²) in [7, 11) is 0. The predicted octanol–water partition coefficient (Wildman–Crippen LogP) is -0.00500. The normalized spacial score (nSPS) is 17.0. The van der Waals surface area contributed by atoms with E-state index in [2.05, 4.69) is 25.1 Å². The van der Waals surface area contributed by atoms with Crippen molar-refractivity contribution in [1.82, 2.24) is 14.9 Å². The van der Waals surface area contributed by atoms with E-state index in [0.717, 1.165) is 57.3 Å². The lowest BCUT2D eigenvalue weighted by Crippen LogP contribution is -2.32. The highest BCUT2D eigenvalue weighted by atomic mass is 16.3. The summed E-state index contributed by atoms with van der Waals surface area (Å²) in [6.45, 7) is 7.56. The van der Waals surface area contributed by atoms with E-state index in [-0.39, 0.29) is 6.61 Å². The van der Waals surface area contributed by atoms with Crippen molar-refractivity contribution in [3.63, 3.8) is 0 Å². The molecule has 0 unspecified atom stereocenters. The number of aromatic nitrogens is 2. The Labute approximate surface area is 119 Å². The van der Waals surface area contributed by atoms with Crippen LogP contribution in [0.2, 0.25) is 0 Å². The summed E-state index contributed by atoms with van der Waals surface area (Å²) in [5.41, 5.74) is 5.78. The highest BCUT2D eigenvalue weighted by molar-refractivity contribution is 5.52. The monoisotopic (exact) mass is 280 g/mol. The van der Waals surface area contributed by atoms with E-state index in [1.54, 1.807) is 0 Å². The molecule has 0 aliphatic carbocycles. The Hall–Kier alpha value is -1.60. The third kappa shape index (κ3) is 3.94. The van der Waals surface area contributed by atoms with Gasteiger partial charge in [-0.05, 0) is 19.9 Å². The van der Waals surface area contributed by atoms with Gasteiger partial charge in [-0.1, -0.05) is 0 Å². The number of aliphatic hydroxyl groups is 1. The van der Waals surface area contributed by atoms with Crippen molar-refractivity contribution in [2.24, 2.45) is 0 Å². The fraction of sp³-hybridized carbons (Fsp3) is 0.692. The van der Waals surface area contributed by atoms with Gasteiger partial charge in [0.2, 0.25) is 5.95 Å². The lowest BCUT2D eigenvalue weighted by molar-refractivity contribution is 0.204. The molecule has 7 nitrogen and oxygen atoms in total. The van der Waals surface area contributed by atoms with Crippen molar-refractivity contribution >= 4 is 17.6 Å². The minimum atomic E-state index is 0.213. The number of nitrogens with two attached hydrogens (primary N) is 1. The molecule has 1 saturated heterocycles. The Bertz CT molecular complexity index is 427. The molecule has 0 spiro atoms. The summed E-state index contributed by atoms with van der Waals surface area (Å²) in [6, 6.07) is 1.95. The van der Waals surface area contributed by atoms with Crippen molar-refractivity contribution in [2.75, 3.05) is 61.8 Å². The van der Waals surface area contributed by atoms with Crippen LogP contribution >= 0.6 is 0 Å². The van der Waals surface area contributed by atoms with Crippen molar-refractivity contribution < 1.29 is 5.11 Å². The summed E-state index contributed by atoms with van der Waals surface area (Å²) in [5.74, 6) is 1.95. The first-order chi connectivity index (χ1) is 9.72. The third-order valence-corrected chi connectivity index (χ3v) is 3.42. The van der Waals surface area contributed by atoms with Gasteiger partial charge < -0.3 is 21.1 Å². The average Bonchev–Trinajstić information content (AvgIpc) is 2.65. The van der Waals surface area contributed by atoms with Crippen LogP contribution in [0.15, 0.2) is 6.07 Å². The molecular formula is C13H24N6O. The van der Waals surface area contributed by atoms with Gasteiger partial charge in [0.05, 0.1) is 6.61 Å². The van der Waals surface area contributed by atoms with Crippen molar-refractivity contribution in [3.05, 3.63) is 6.07 Å². The molecule has 1 aromatic rings. The molecule has 2 rings (SSSR count). The molecule has 0 aromatic carbocycles. The highest BCUT2D eigenvalue weighted by Gasteiger charge is 2.16. The zero-order valence-electron chi connectivity index (χ0n) is 12.0. The number of hydrogen-bond donors (Lipinski definition) is 3. The zero-order chi connectivity index (χ0) is 14.4. The van der Waals surface area contributed by atoms with E-state index in [1.165, 1.54) is 0 Å². The van der Waals surface area contributed by atoms with Crippen LogP contribution in [0, 0.1) is 0 Å². The van der Waals surface area contributed by atoms with Crippen molar-refractivity contribution in [2.45, 2.75) is 13.3 Å². The van der Waals surface area contributed by atoms with Gasteiger partial charge in [0.15, 0.2) is 0 Å². The molecule has 0 saturated carbocycles. The maximum Gasteiger partial charge on any atom is 0.223 e. The molecule has 0 radical (unpaired) electrons. The highest BCUT2D eigenvalue weighted by Crippen LogP contribution is 2.18. The first kappa shape index (κ1) is 14.8. The van der Waals surface area contributed by atoms with Crippen LogP contribution in [0.25, 0.3) is 0 Å². The van der Waals surface area contributed by atoms with Crippen LogP contribution < -0.4 is 16.0 Å². The Morgan fingerprint density at radius 3 is 2.90 bits per heavy atom. The van der Waals surface area contributed by atoms with E-state index < -0.39 is 0 Å². The van der Waals surface area contributed by atoms with Gasteiger partial charge in [-0.2, -0.15) is 9.97 Å². The Morgan fingerprint density at radius 2 is 2.15 bits per heavy atom. The summed E-state index contributed by atoms with van der Waals surface area (Å²) in [6.07, 6.45) is 1.06. The predicted molar refractivity (Wildman–Crippen MR) is 81.0 cm³/mol. The molecule has 1 aliphatic heterocycles. The number of aliphatic hydroxyl groups excluding tert-OH is 1. The average molecular weight is 280 g/mol. The number of rotatable bonds is 5. The lowest BCUT2D eigenvalue weighted by atomic mass is 10.3. The quantitative estimate of drug-likeness (QED) is 0.699. The van der Waals surface area contributed by atoms with E-state index >= 15 is 0 Å². The van der Waals surface area contributed by atoms with Crippen LogP contribution in [-0.2, 0) is 0 Å². The molecule has 7 heteroatoms. The molecule has 112 valence electrons. The molecule has 0 bridgehead atoms. The van der Waals surface area contributed by atoms with Crippen LogP contribution in [-0.4, -0.2) is 65.8 Å². The van der Waals surface area contributed by atoms with Crippen LogP contribution in [0.1, 0.15) is 13.3 Å². The minimum absolute atomic E-state index is 0.213. The number of hydrogen-bond acceptors (Lipinski definition) is 7. The van der Waals surface area contributed by atoms with E-state index in [0.29, 0.717) is 5.95 Å². The molecular weight excluding hydrogens is 256 g/mol. The standard InChI is InChI=1S/C13H24N6O/c1-2-15-11-10-12(17-13(14)16-11)19-5-3-4-18(6-7-19)8-9-20/h10,20H,2-9H2,1H3,(H3,14,15,16,17). The van der Waals surface area contributed by atoms with Gasteiger partial charge in [-0.15, -0.1) is 0 Å². The van der Waals surface area contributed by atoms with Crippen molar-refractivity contribution in [3.8, 4) is 0 Å². The summed E-state index contributed by atoms with van der Waals surface area (Å²) in [5, 5.41) is 12.2. The van der Waals surface area contributed by atoms with Gasteiger partial charge in [-0.3, -0.25) is 4.90 Å². The Balaban J connectivity index is 2.07. The molecule has 20 heavy (non-hydrogen) atoms. The first-order valence-electron chi connectivity index (χ1n) is 7.19. The van der Waals surface area contributed by atoms with E-state index in [9.17, 15) is 0 Å². The van der Waals surface area contributed by atoms with Gasteiger partial charge in [0.1, 0.15) is 11.6 Å². The number of anilines is 3. The lowest BCUT2D eigenvalue weighted by Gasteiger charge is -2.23.